The Kier molecular flexibility index (Phi) is 5.76. The number of benzene rings is 2. The van der Waals surface area contributed by atoms with Crippen LogP contribution in [0.15, 0.2) is 60.7 Å². The van der Waals surface area contributed by atoms with Gasteiger partial charge in [-0.1, -0.05) is 60.7 Å². The van der Waals surface area contributed by atoms with Gasteiger partial charge in [-0.2, -0.15) is 0 Å². The molecular weight excluding hydrogens is 348 g/mol. The fourth-order valence-electron chi connectivity index (χ4n) is 4.46. The summed E-state index contributed by atoms with van der Waals surface area (Å²) in [5, 5.41) is 0. The van der Waals surface area contributed by atoms with Gasteiger partial charge in [0, 0.05) is 51.2 Å². The van der Waals surface area contributed by atoms with Crippen molar-refractivity contribution in [2.24, 2.45) is 5.73 Å². The first-order valence-electron chi connectivity index (χ1n) is 10.2. The van der Waals surface area contributed by atoms with E-state index in [0.29, 0.717) is 13.1 Å². The minimum atomic E-state index is -0.225. The van der Waals surface area contributed by atoms with E-state index in [1.807, 2.05) is 41.3 Å². The number of nitrogens with zero attached hydrogens (tertiary/aromatic N) is 3. The smallest absolute Gasteiger partial charge is 0.244 e. The number of likely N-dealkylation sites (N-methyl/N-ethyl adjacent to an activating group) is 1. The molecule has 2 aromatic rings. The molecule has 0 bridgehead atoms. The first kappa shape index (κ1) is 19.1. The highest BCUT2D eigenvalue weighted by atomic mass is 16.2. The third kappa shape index (κ3) is 3.97. The molecule has 28 heavy (non-hydrogen) atoms. The molecule has 148 valence electrons. The van der Waals surface area contributed by atoms with E-state index >= 15 is 0 Å². The van der Waals surface area contributed by atoms with Crippen LogP contribution in [0.3, 0.4) is 0 Å². The second-order valence-corrected chi connectivity index (χ2v) is 8.08. The molecule has 2 aliphatic heterocycles. The molecule has 2 aromatic carbocycles. The molecule has 0 aliphatic carbocycles. The number of piperazine rings is 1. The van der Waals surface area contributed by atoms with E-state index in [0.717, 1.165) is 31.7 Å². The van der Waals surface area contributed by atoms with E-state index in [4.69, 9.17) is 5.73 Å². The Morgan fingerprint density at radius 1 is 0.929 bits per heavy atom. The number of carbonyl (C=O) groups excluding carboxylic acids is 1. The predicted octanol–water partition coefficient (Wildman–Crippen LogP) is 1.93. The standard InChI is InChI=1S/C23H30N4O/c1-25-12-14-26(15-13-25)22(19-10-6-3-7-11-19)23(28)27-16-20(21(24)17-27)18-8-4-2-5-9-18/h2-11,20-22H,12-17,24H2,1H3/t20-,21+,22?/m0/s1. The van der Waals surface area contributed by atoms with Crippen LogP contribution >= 0.6 is 0 Å². The number of hydrogen-bond acceptors (Lipinski definition) is 4. The van der Waals surface area contributed by atoms with Gasteiger partial charge in [0.15, 0.2) is 0 Å². The lowest BCUT2D eigenvalue weighted by Gasteiger charge is -2.38. The van der Waals surface area contributed by atoms with Crippen LogP contribution in [-0.4, -0.2) is 73.0 Å². The Morgan fingerprint density at radius 2 is 1.54 bits per heavy atom. The third-order valence-corrected chi connectivity index (χ3v) is 6.16. The van der Waals surface area contributed by atoms with Crippen molar-refractivity contribution in [1.29, 1.82) is 0 Å². The van der Waals surface area contributed by atoms with Gasteiger partial charge in [0.05, 0.1) is 0 Å². The molecule has 2 aliphatic rings. The highest BCUT2D eigenvalue weighted by Crippen LogP contribution is 2.31. The van der Waals surface area contributed by atoms with E-state index in [9.17, 15) is 4.79 Å². The highest BCUT2D eigenvalue weighted by Gasteiger charge is 2.39. The normalized spacial score (nSPS) is 25.0. The molecule has 0 saturated carbocycles. The Hall–Kier alpha value is -2.21. The van der Waals surface area contributed by atoms with Crippen LogP contribution < -0.4 is 5.73 Å². The Balaban J connectivity index is 1.56. The van der Waals surface area contributed by atoms with Crippen LogP contribution in [0.2, 0.25) is 0 Å². The topological polar surface area (TPSA) is 52.8 Å². The third-order valence-electron chi connectivity index (χ3n) is 6.16. The van der Waals surface area contributed by atoms with Gasteiger partial charge in [0.1, 0.15) is 6.04 Å². The lowest BCUT2D eigenvalue weighted by atomic mass is 9.95. The second kappa shape index (κ2) is 8.43. The predicted molar refractivity (Wildman–Crippen MR) is 112 cm³/mol. The van der Waals surface area contributed by atoms with Crippen molar-refractivity contribution < 1.29 is 4.79 Å². The maximum absolute atomic E-state index is 13.7. The molecule has 4 rings (SSSR count). The molecule has 1 amide bonds. The SMILES string of the molecule is CN1CCN(C(C(=O)N2C[C@@H](N)[C@H](c3ccccc3)C2)c2ccccc2)CC1. The van der Waals surface area contributed by atoms with Crippen LogP contribution in [0.4, 0.5) is 0 Å². The second-order valence-electron chi connectivity index (χ2n) is 8.08. The quantitative estimate of drug-likeness (QED) is 0.883. The van der Waals surface area contributed by atoms with E-state index in [1.54, 1.807) is 0 Å². The van der Waals surface area contributed by atoms with Gasteiger partial charge in [-0.15, -0.1) is 0 Å². The zero-order chi connectivity index (χ0) is 19.5. The van der Waals surface area contributed by atoms with E-state index < -0.39 is 0 Å². The molecular formula is C23H30N4O. The maximum atomic E-state index is 13.7. The highest BCUT2D eigenvalue weighted by molar-refractivity contribution is 5.84. The number of nitrogens with two attached hydrogens (primary N) is 1. The zero-order valence-corrected chi connectivity index (χ0v) is 16.6. The van der Waals surface area contributed by atoms with Gasteiger partial charge in [-0.05, 0) is 18.2 Å². The minimum absolute atomic E-state index is 0.0183. The van der Waals surface area contributed by atoms with Crippen LogP contribution in [0, 0.1) is 0 Å². The molecule has 2 saturated heterocycles. The Labute approximate surface area is 167 Å². The van der Waals surface area contributed by atoms with Gasteiger partial charge in [-0.3, -0.25) is 9.69 Å². The van der Waals surface area contributed by atoms with Crippen molar-refractivity contribution in [2.45, 2.75) is 18.0 Å². The summed E-state index contributed by atoms with van der Waals surface area (Å²) in [4.78, 5) is 20.3. The summed E-state index contributed by atoms with van der Waals surface area (Å²) in [5.41, 5.74) is 8.76. The van der Waals surface area contributed by atoms with Crippen molar-refractivity contribution in [3.63, 3.8) is 0 Å². The van der Waals surface area contributed by atoms with Gasteiger partial charge in [-0.25, -0.2) is 0 Å². The van der Waals surface area contributed by atoms with Crippen molar-refractivity contribution >= 4 is 5.91 Å². The van der Waals surface area contributed by atoms with Crippen LogP contribution in [-0.2, 0) is 4.79 Å². The van der Waals surface area contributed by atoms with E-state index in [-0.39, 0.29) is 23.9 Å². The Morgan fingerprint density at radius 3 is 2.18 bits per heavy atom. The first-order valence-corrected chi connectivity index (χ1v) is 10.2. The fraction of sp³-hybridized carbons (Fsp3) is 0.435. The first-order chi connectivity index (χ1) is 13.6. The number of hydrogen-bond donors (Lipinski definition) is 1. The Bertz CT molecular complexity index is 774. The summed E-state index contributed by atoms with van der Waals surface area (Å²) in [6.45, 7) is 5.11. The van der Waals surface area contributed by atoms with Crippen LogP contribution in [0.5, 0.6) is 0 Å². The number of carbonyl (C=O) groups is 1. The lowest BCUT2D eigenvalue weighted by Crippen LogP contribution is -2.50. The van der Waals surface area contributed by atoms with Gasteiger partial charge in [0.25, 0.3) is 0 Å². The molecule has 3 atom stereocenters. The van der Waals surface area contributed by atoms with Crippen molar-refractivity contribution in [3.8, 4) is 0 Å². The monoisotopic (exact) mass is 378 g/mol. The average Bonchev–Trinajstić information content (AvgIpc) is 3.13. The molecule has 5 heteroatoms. The van der Waals surface area contributed by atoms with Crippen LogP contribution in [0.1, 0.15) is 23.1 Å². The van der Waals surface area contributed by atoms with E-state index in [1.165, 1.54) is 5.56 Å². The molecule has 0 aromatic heterocycles. The van der Waals surface area contributed by atoms with Crippen molar-refractivity contribution in [1.82, 2.24) is 14.7 Å². The minimum Gasteiger partial charge on any atom is -0.339 e. The molecule has 5 nitrogen and oxygen atoms in total. The van der Waals surface area contributed by atoms with E-state index in [2.05, 4.69) is 41.1 Å². The number of rotatable bonds is 4. The van der Waals surface area contributed by atoms with Crippen molar-refractivity contribution in [2.75, 3.05) is 46.3 Å². The fourth-order valence-corrected chi connectivity index (χ4v) is 4.46. The molecule has 2 heterocycles. The lowest BCUT2D eigenvalue weighted by molar-refractivity contribution is -0.137. The maximum Gasteiger partial charge on any atom is 0.244 e. The molecule has 1 unspecified atom stereocenters. The summed E-state index contributed by atoms with van der Waals surface area (Å²) < 4.78 is 0. The summed E-state index contributed by atoms with van der Waals surface area (Å²) in [6, 6.07) is 20.3. The van der Waals surface area contributed by atoms with Crippen molar-refractivity contribution in [3.05, 3.63) is 71.8 Å². The molecule has 0 spiro atoms. The summed E-state index contributed by atoms with van der Waals surface area (Å²) >= 11 is 0. The largest absolute Gasteiger partial charge is 0.339 e. The molecule has 2 fully saturated rings. The summed E-state index contributed by atoms with van der Waals surface area (Å²) in [7, 11) is 2.14. The summed E-state index contributed by atoms with van der Waals surface area (Å²) in [6.07, 6.45) is 0. The van der Waals surface area contributed by atoms with Gasteiger partial charge in [0.2, 0.25) is 5.91 Å². The average molecular weight is 379 g/mol. The zero-order valence-electron chi connectivity index (χ0n) is 16.6. The number of likely N-dealkylation sites (tertiary alicyclic amines) is 1. The summed E-state index contributed by atoms with van der Waals surface area (Å²) in [5.74, 6) is 0.388. The molecule has 2 N–H and O–H groups in total. The molecule has 0 radical (unpaired) electrons. The number of amides is 1. The van der Waals surface area contributed by atoms with Gasteiger partial charge >= 0.3 is 0 Å². The van der Waals surface area contributed by atoms with Crippen LogP contribution in [0.25, 0.3) is 0 Å². The van der Waals surface area contributed by atoms with Gasteiger partial charge < -0.3 is 15.5 Å².